The molecule has 0 spiro atoms. The Balaban J connectivity index is 1.96. The number of rotatable bonds is 4. The van der Waals surface area contributed by atoms with Gasteiger partial charge in [-0.3, -0.25) is 0 Å². The molecule has 1 fully saturated rings. The molecule has 0 saturated heterocycles. The number of hydrogen-bond donors (Lipinski definition) is 1. The first-order valence-electron chi connectivity index (χ1n) is 6.54. The van der Waals surface area contributed by atoms with Crippen LogP contribution in [0.15, 0.2) is 18.2 Å². The van der Waals surface area contributed by atoms with Crippen LogP contribution in [0.4, 0.5) is 0 Å². The van der Waals surface area contributed by atoms with Crippen LogP contribution >= 0.6 is 0 Å². The number of aryl methyl sites for hydroxylation is 1. The van der Waals surface area contributed by atoms with Gasteiger partial charge in [0, 0.05) is 6.04 Å². The third-order valence-corrected chi connectivity index (χ3v) is 3.67. The van der Waals surface area contributed by atoms with Gasteiger partial charge in [0.2, 0.25) is 0 Å². The summed E-state index contributed by atoms with van der Waals surface area (Å²) >= 11 is 0. The Morgan fingerprint density at radius 3 is 2.53 bits per heavy atom. The maximum atomic E-state index is 5.96. The monoisotopic (exact) mass is 233 g/mol. The van der Waals surface area contributed by atoms with Crippen molar-refractivity contribution in [1.82, 2.24) is 5.32 Å². The normalized spacial score (nSPS) is 23.6. The zero-order chi connectivity index (χ0) is 12.4. The molecule has 2 heteroatoms. The second-order valence-electron chi connectivity index (χ2n) is 5.37. The highest BCUT2D eigenvalue weighted by atomic mass is 16.5. The van der Waals surface area contributed by atoms with Gasteiger partial charge in [-0.15, -0.1) is 0 Å². The van der Waals surface area contributed by atoms with Gasteiger partial charge in [-0.2, -0.15) is 0 Å². The largest absolute Gasteiger partial charge is 0.490 e. The van der Waals surface area contributed by atoms with E-state index in [4.69, 9.17) is 4.74 Å². The van der Waals surface area contributed by atoms with Crippen LogP contribution in [0.3, 0.4) is 0 Å². The average molecular weight is 233 g/mol. The van der Waals surface area contributed by atoms with Gasteiger partial charge in [-0.05, 0) is 56.0 Å². The molecule has 2 nitrogen and oxygen atoms in total. The van der Waals surface area contributed by atoms with E-state index in [9.17, 15) is 0 Å². The third-order valence-electron chi connectivity index (χ3n) is 3.67. The summed E-state index contributed by atoms with van der Waals surface area (Å²) in [6.45, 7) is 6.62. The molecular weight excluding hydrogens is 210 g/mol. The first-order valence-corrected chi connectivity index (χ1v) is 6.54. The van der Waals surface area contributed by atoms with Crippen LogP contribution in [0.25, 0.3) is 0 Å². The highest BCUT2D eigenvalue weighted by Crippen LogP contribution is 2.28. The highest BCUT2D eigenvalue weighted by Gasteiger charge is 2.29. The van der Waals surface area contributed by atoms with E-state index in [0.717, 1.165) is 18.6 Å². The molecule has 2 rings (SSSR count). The summed E-state index contributed by atoms with van der Waals surface area (Å²) in [4.78, 5) is 0. The molecule has 1 aromatic carbocycles. The molecule has 1 aliphatic carbocycles. The lowest BCUT2D eigenvalue weighted by atomic mass is 9.89. The molecule has 1 aromatic rings. The van der Waals surface area contributed by atoms with Crippen LogP contribution in [-0.4, -0.2) is 19.2 Å². The van der Waals surface area contributed by atoms with E-state index in [2.05, 4.69) is 44.3 Å². The van der Waals surface area contributed by atoms with Gasteiger partial charge in [0.1, 0.15) is 11.9 Å². The molecule has 1 saturated carbocycles. The van der Waals surface area contributed by atoms with Gasteiger partial charge in [0.05, 0.1) is 0 Å². The number of benzene rings is 1. The molecule has 17 heavy (non-hydrogen) atoms. The topological polar surface area (TPSA) is 21.3 Å². The molecule has 0 bridgehead atoms. The average Bonchev–Trinajstić information content (AvgIpc) is 2.22. The molecule has 0 radical (unpaired) electrons. The second-order valence-corrected chi connectivity index (χ2v) is 5.37. The number of ether oxygens (including phenoxy) is 1. The van der Waals surface area contributed by atoms with Crippen LogP contribution in [0, 0.1) is 6.92 Å². The molecule has 0 aliphatic heterocycles. The zero-order valence-electron chi connectivity index (χ0n) is 11.3. The van der Waals surface area contributed by atoms with Gasteiger partial charge in [0.25, 0.3) is 0 Å². The maximum absolute atomic E-state index is 5.96. The van der Waals surface area contributed by atoms with Crippen molar-refractivity contribution in [2.24, 2.45) is 0 Å². The van der Waals surface area contributed by atoms with E-state index < -0.39 is 0 Å². The molecule has 0 unspecified atom stereocenters. The molecule has 1 N–H and O–H groups in total. The summed E-state index contributed by atoms with van der Waals surface area (Å²) in [6.07, 6.45) is 2.65. The fraction of sp³-hybridized carbons (Fsp3) is 0.600. The minimum absolute atomic E-state index is 0.400. The quantitative estimate of drug-likeness (QED) is 0.862. The third kappa shape index (κ3) is 2.81. The van der Waals surface area contributed by atoms with E-state index >= 15 is 0 Å². The first kappa shape index (κ1) is 12.4. The fourth-order valence-electron chi connectivity index (χ4n) is 2.46. The second kappa shape index (κ2) is 5.09. The SMILES string of the molecule is CNC1CC(Oc2ccc(C(C)C)c(C)c2)C1. The van der Waals surface area contributed by atoms with Crippen molar-refractivity contribution in [3.05, 3.63) is 29.3 Å². The van der Waals surface area contributed by atoms with E-state index in [0.29, 0.717) is 18.1 Å². The molecular formula is C15H23NO. The summed E-state index contributed by atoms with van der Waals surface area (Å²) in [5.74, 6) is 1.60. The van der Waals surface area contributed by atoms with E-state index in [1.165, 1.54) is 11.1 Å². The summed E-state index contributed by atoms with van der Waals surface area (Å²) < 4.78 is 5.96. The number of hydrogen-bond acceptors (Lipinski definition) is 2. The minimum atomic E-state index is 0.400. The minimum Gasteiger partial charge on any atom is -0.490 e. The van der Waals surface area contributed by atoms with Crippen molar-refractivity contribution >= 4 is 0 Å². The van der Waals surface area contributed by atoms with E-state index in [1.807, 2.05) is 7.05 Å². The smallest absolute Gasteiger partial charge is 0.120 e. The Kier molecular flexibility index (Phi) is 3.72. The van der Waals surface area contributed by atoms with Crippen molar-refractivity contribution in [3.8, 4) is 5.75 Å². The lowest BCUT2D eigenvalue weighted by Gasteiger charge is -2.35. The van der Waals surface area contributed by atoms with Crippen LogP contribution < -0.4 is 10.1 Å². The molecule has 94 valence electrons. The van der Waals surface area contributed by atoms with Crippen LogP contribution in [0.5, 0.6) is 5.75 Å². The van der Waals surface area contributed by atoms with Gasteiger partial charge >= 0.3 is 0 Å². The van der Waals surface area contributed by atoms with Crippen LogP contribution in [0.2, 0.25) is 0 Å². The fourth-order valence-corrected chi connectivity index (χ4v) is 2.46. The lowest BCUT2D eigenvalue weighted by molar-refractivity contribution is 0.0884. The van der Waals surface area contributed by atoms with E-state index in [1.54, 1.807) is 0 Å². The van der Waals surface area contributed by atoms with Crippen molar-refractivity contribution < 1.29 is 4.74 Å². The van der Waals surface area contributed by atoms with E-state index in [-0.39, 0.29) is 0 Å². The summed E-state index contributed by atoms with van der Waals surface area (Å²) in [6, 6.07) is 7.12. The maximum Gasteiger partial charge on any atom is 0.120 e. The van der Waals surface area contributed by atoms with Crippen LogP contribution in [-0.2, 0) is 0 Å². The predicted octanol–water partition coefficient (Wildman–Crippen LogP) is 3.25. The van der Waals surface area contributed by atoms with Crippen LogP contribution in [0.1, 0.15) is 43.7 Å². The Bertz CT molecular complexity index is 381. The Hall–Kier alpha value is -1.02. The molecule has 0 amide bonds. The molecule has 0 atom stereocenters. The summed E-state index contributed by atoms with van der Waals surface area (Å²) in [5, 5.41) is 3.27. The van der Waals surface area contributed by atoms with Crippen molar-refractivity contribution in [2.75, 3.05) is 7.05 Å². The first-order chi connectivity index (χ1) is 8.10. The Labute approximate surface area is 104 Å². The lowest BCUT2D eigenvalue weighted by Crippen LogP contribution is -2.45. The molecule has 0 heterocycles. The number of nitrogens with one attached hydrogen (secondary N) is 1. The predicted molar refractivity (Wildman–Crippen MR) is 71.8 cm³/mol. The van der Waals surface area contributed by atoms with Gasteiger partial charge in [-0.25, -0.2) is 0 Å². The standard InChI is InChI=1S/C15H23NO/c1-10(2)15-6-5-13(7-11(15)3)17-14-8-12(9-14)16-4/h5-7,10,12,14,16H,8-9H2,1-4H3. The van der Waals surface area contributed by atoms with Crippen molar-refractivity contribution in [3.63, 3.8) is 0 Å². The van der Waals surface area contributed by atoms with Gasteiger partial charge in [0.15, 0.2) is 0 Å². The Morgan fingerprint density at radius 1 is 1.29 bits per heavy atom. The highest BCUT2D eigenvalue weighted by molar-refractivity contribution is 5.36. The van der Waals surface area contributed by atoms with Crippen molar-refractivity contribution in [1.29, 1.82) is 0 Å². The summed E-state index contributed by atoms with van der Waals surface area (Å²) in [5.41, 5.74) is 2.75. The van der Waals surface area contributed by atoms with Crippen molar-refractivity contribution in [2.45, 2.75) is 51.7 Å². The molecule has 0 aromatic heterocycles. The van der Waals surface area contributed by atoms with Gasteiger partial charge < -0.3 is 10.1 Å². The summed E-state index contributed by atoms with van der Waals surface area (Å²) in [7, 11) is 2.02. The molecule has 1 aliphatic rings. The zero-order valence-corrected chi connectivity index (χ0v) is 11.3. The Morgan fingerprint density at radius 2 is 2.00 bits per heavy atom. The van der Waals surface area contributed by atoms with Gasteiger partial charge in [-0.1, -0.05) is 19.9 Å².